The Bertz CT molecular complexity index is 1390. The van der Waals surface area contributed by atoms with Gasteiger partial charge in [-0.05, 0) is 68.6 Å². The number of fused-ring (bicyclic) bond motifs is 2. The van der Waals surface area contributed by atoms with Gasteiger partial charge >= 0.3 is 6.09 Å². The number of nitrogens with one attached hydrogen (secondary N) is 2. The van der Waals surface area contributed by atoms with Crippen LogP contribution in [0.3, 0.4) is 0 Å². The molecule has 2 amide bonds. The quantitative estimate of drug-likeness (QED) is 0.182. The molecule has 38 heavy (non-hydrogen) atoms. The van der Waals surface area contributed by atoms with Crippen molar-refractivity contribution in [3.05, 3.63) is 77.4 Å². The topological polar surface area (TPSA) is 146 Å². The van der Waals surface area contributed by atoms with Crippen LogP contribution in [-0.2, 0) is 16.0 Å². The Hall–Kier alpha value is -4.02. The first-order valence-corrected chi connectivity index (χ1v) is 12.9. The van der Waals surface area contributed by atoms with Crippen molar-refractivity contribution in [3.63, 3.8) is 0 Å². The molecule has 0 spiro atoms. The highest BCUT2D eigenvalue weighted by Gasteiger charge is 2.29. The van der Waals surface area contributed by atoms with Gasteiger partial charge in [0, 0.05) is 28.1 Å². The number of carbonyl (C=O) groups is 3. The van der Waals surface area contributed by atoms with E-state index in [9.17, 15) is 14.4 Å². The van der Waals surface area contributed by atoms with E-state index < -0.39 is 35.8 Å². The number of carbonyl (C=O) groups excluding carboxylic acids is 3. The zero-order valence-corrected chi connectivity index (χ0v) is 22.2. The maximum absolute atomic E-state index is 13.7. The molecule has 198 valence electrons. The first-order valence-electron chi connectivity index (χ1n) is 12.0. The summed E-state index contributed by atoms with van der Waals surface area (Å²) >= 11 is 0.970. The van der Waals surface area contributed by atoms with Crippen LogP contribution in [0.2, 0.25) is 0 Å². The van der Waals surface area contributed by atoms with Gasteiger partial charge in [0.05, 0.1) is 12.1 Å². The smallest absolute Gasteiger partial charge is 0.408 e. The fourth-order valence-corrected chi connectivity index (χ4v) is 4.60. The highest BCUT2D eigenvalue weighted by molar-refractivity contribution is 7.97. The standard InChI is InChI=1S/C28H30N4O5S/c1-28(2,3)37-27(35)32-20(15-24(29)33)26(34)17-9-6-13-23(38-30)25(17)31-19-10-7-12-22-18(19)14-16-8-4-5-11-21(16)36-22/h4-13,20,31H,14-15,30H2,1-3H3,(H2,29,33)(H,32,35)/t20-/m0/s1. The van der Waals surface area contributed by atoms with Crippen LogP contribution in [0.25, 0.3) is 0 Å². The van der Waals surface area contributed by atoms with E-state index in [1.807, 2.05) is 42.5 Å². The molecule has 1 atom stereocenters. The number of para-hydroxylation sites is 2. The maximum Gasteiger partial charge on any atom is 0.408 e. The number of hydrogen-bond donors (Lipinski definition) is 4. The highest BCUT2D eigenvalue weighted by atomic mass is 32.2. The van der Waals surface area contributed by atoms with Crippen molar-refractivity contribution in [1.29, 1.82) is 0 Å². The van der Waals surface area contributed by atoms with E-state index in [-0.39, 0.29) is 5.56 Å². The van der Waals surface area contributed by atoms with E-state index in [2.05, 4.69) is 10.6 Å². The Labute approximate surface area is 225 Å². The summed E-state index contributed by atoms with van der Waals surface area (Å²) in [5.41, 5.74) is 7.98. The van der Waals surface area contributed by atoms with E-state index in [4.69, 9.17) is 20.3 Å². The fourth-order valence-electron chi connectivity index (χ4n) is 4.17. The van der Waals surface area contributed by atoms with Crippen LogP contribution < -0.4 is 26.2 Å². The van der Waals surface area contributed by atoms with Gasteiger partial charge in [-0.2, -0.15) is 0 Å². The van der Waals surface area contributed by atoms with Gasteiger partial charge in [-0.15, -0.1) is 0 Å². The van der Waals surface area contributed by atoms with Gasteiger partial charge in [0.25, 0.3) is 0 Å². The van der Waals surface area contributed by atoms with Crippen molar-refractivity contribution in [2.75, 3.05) is 5.32 Å². The lowest BCUT2D eigenvalue weighted by Gasteiger charge is -2.25. The van der Waals surface area contributed by atoms with Gasteiger partial charge in [-0.3, -0.25) is 14.7 Å². The molecule has 4 rings (SSSR count). The summed E-state index contributed by atoms with van der Waals surface area (Å²) in [5.74, 6) is 0.247. The fraction of sp³-hybridized carbons (Fsp3) is 0.250. The third-order valence-electron chi connectivity index (χ3n) is 5.78. The molecule has 9 nitrogen and oxygen atoms in total. The minimum absolute atomic E-state index is 0.234. The van der Waals surface area contributed by atoms with Crippen LogP contribution in [0.1, 0.15) is 48.7 Å². The molecule has 3 aromatic carbocycles. The molecular weight excluding hydrogens is 504 g/mol. The van der Waals surface area contributed by atoms with Crippen LogP contribution in [0.5, 0.6) is 11.5 Å². The number of anilines is 2. The molecule has 1 aliphatic rings. The number of primary amides is 1. The minimum Gasteiger partial charge on any atom is -0.457 e. The van der Waals surface area contributed by atoms with Crippen LogP contribution >= 0.6 is 11.9 Å². The maximum atomic E-state index is 13.7. The molecule has 0 saturated carbocycles. The molecule has 0 unspecified atom stereocenters. The van der Waals surface area contributed by atoms with Crippen molar-refractivity contribution in [3.8, 4) is 11.5 Å². The molecule has 0 radical (unpaired) electrons. The average molecular weight is 535 g/mol. The van der Waals surface area contributed by atoms with Crippen LogP contribution in [-0.4, -0.2) is 29.4 Å². The number of hydrogen-bond acceptors (Lipinski definition) is 8. The third kappa shape index (κ3) is 6.27. The number of ketones is 1. The zero-order valence-electron chi connectivity index (χ0n) is 21.4. The summed E-state index contributed by atoms with van der Waals surface area (Å²) in [4.78, 5) is 38.6. The molecule has 0 fully saturated rings. The molecule has 6 N–H and O–H groups in total. The Balaban J connectivity index is 1.69. The SMILES string of the molecule is CC(C)(C)OC(=O)N[C@@H](CC(N)=O)C(=O)c1cccc(SN)c1Nc1cccc2c1Cc1ccccc1O2. The van der Waals surface area contributed by atoms with E-state index in [0.717, 1.165) is 34.5 Å². The van der Waals surface area contributed by atoms with Crippen molar-refractivity contribution < 1.29 is 23.9 Å². The largest absolute Gasteiger partial charge is 0.457 e. The molecule has 0 saturated heterocycles. The zero-order chi connectivity index (χ0) is 27.4. The lowest BCUT2D eigenvalue weighted by Crippen LogP contribution is -2.45. The normalized spacial score (nSPS) is 12.8. The predicted octanol–water partition coefficient (Wildman–Crippen LogP) is 5.04. The number of alkyl carbamates (subject to hydrolysis) is 1. The van der Waals surface area contributed by atoms with E-state index in [0.29, 0.717) is 22.8 Å². The summed E-state index contributed by atoms with van der Waals surface area (Å²) in [6.45, 7) is 5.10. The Morgan fingerprint density at radius 1 is 1.03 bits per heavy atom. The molecule has 1 heterocycles. The van der Waals surface area contributed by atoms with Gasteiger partial charge in [-0.1, -0.05) is 30.3 Å². The number of Topliss-reactive ketones (excluding diaryl/α,β-unsaturated/α-hetero) is 1. The van der Waals surface area contributed by atoms with Gasteiger partial charge in [0.1, 0.15) is 23.1 Å². The van der Waals surface area contributed by atoms with E-state index >= 15 is 0 Å². The Morgan fingerprint density at radius 3 is 2.45 bits per heavy atom. The number of benzene rings is 3. The molecule has 1 aliphatic heterocycles. The molecule has 3 aromatic rings. The summed E-state index contributed by atoms with van der Waals surface area (Å²) in [5, 5.41) is 11.8. The lowest BCUT2D eigenvalue weighted by molar-refractivity contribution is -0.118. The average Bonchev–Trinajstić information content (AvgIpc) is 2.85. The molecule has 0 aliphatic carbocycles. The second kappa shape index (κ2) is 11.2. The van der Waals surface area contributed by atoms with Crippen LogP contribution in [0.15, 0.2) is 65.6 Å². The van der Waals surface area contributed by atoms with Gasteiger partial charge < -0.3 is 25.8 Å². The number of rotatable bonds is 8. The van der Waals surface area contributed by atoms with Crippen LogP contribution in [0.4, 0.5) is 16.2 Å². The monoisotopic (exact) mass is 534 g/mol. The van der Waals surface area contributed by atoms with Crippen molar-refractivity contribution >= 4 is 41.1 Å². The number of ether oxygens (including phenoxy) is 2. The lowest BCUT2D eigenvalue weighted by atomic mass is 9.97. The Kier molecular flexibility index (Phi) is 7.94. The van der Waals surface area contributed by atoms with E-state index in [1.54, 1.807) is 39.0 Å². The summed E-state index contributed by atoms with van der Waals surface area (Å²) in [6, 6.07) is 17.3. The molecule has 0 aromatic heterocycles. The van der Waals surface area contributed by atoms with Crippen molar-refractivity contribution in [1.82, 2.24) is 5.32 Å². The van der Waals surface area contributed by atoms with Crippen molar-refractivity contribution in [2.45, 2.75) is 50.2 Å². The number of nitrogens with two attached hydrogens (primary N) is 2. The summed E-state index contributed by atoms with van der Waals surface area (Å²) < 4.78 is 11.4. The van der Waals surface area contributed by atoms with Gasteiger partial charge in [0.2, 0.25) is 5.91 Å². The van der Waals surface area contributed by atoms with E-state index in [1.165, 1.54) is 0 Å². The van der Waals surface area contributed by atoms with Gasteiger partial charge in [0.15, 0.2) is 5.78 Å². The number of amides is 2. The Morgan fingerprint density at radius 2 is 1.74 bits per heavy atom. The molecular formula is C28H30N4O5S. The van der Waals surface area contributed by atoms with Gasteiger partial charge in [-0.25, -0.2) is 4.79 Å². The molecule has 10 heteroatoms. The van der Waals surface area contributed by atoms with Crippen LogP contribution in [0, 0.1) is 0 Å². The highest BCUT2D eigenvalue weighted by Crippen LogP contribution is 2.42. The summed E-state index contributed by atoms with van der Waals surface area (Å²) in [6.07, 6.45) is -0.604. The third-order valence-corrected chi connectivity index (χ3v) is 6.38. The summed E-state index contributed by atoms with van der Waals surface area (Å²) in [7, 11) is 0. The molecule has 0 bridgehead atoms. The second-order valence-corrected chi connectivity index (χ2v) is 10.5. The predicted molar refractivity (Wildman–Crippen MR) is 147 cm³/mol. The first kappa shape index (κ1) is 27.0. The first-order chi connectivity index (χ1) is 18.1. The second-order valence-electron chi connectivity index (χ2n) is 9.82. The minimum atomic E-state index is -1.24. The van der Waals surface area contributed by atoms with Crippen molar-refractivity contribution in [2.24, 2.45) is 10.9 Å².